The number of esters is 1. The molecule has 1 saturated heterocycles. The highest BCUT2D eigenvalue weighted by Gasteiger charge is 2.53. The number of rotatable bonds is 15. The molecule has 286 valence electrons. The molecular weight excluding hydrogens is 715 g/mol. The van der Waals surface area contributed by atoms with Crippen molar-refractivity contribution in [2.24, 2.45) is 4.99 Å². The summed E-state index contributed by atoms with van der Waals surface area (Å²) in [5, 5.41) is 0. The van der Waals surface area contributed by atoms with Crippen molar-refractivity contribution in [1.29, 1.82) is 0 Å². The third-order valence-corrected chi connectivity index (χ3v) is 8.58. The van der Waals surface area contributed by atoms with Crippen molar-refractivity contribution in [3.8, 4) is 5.75 Å². The van der Waals surface area contributed by atoms with Crippen LogP contribution in [0.25, 0.3) is 0 Å². The zero-order valence-electron chi connectivity index (χ0n) is 29.9. The van der Waals surface area contributed by atoms with Gasteiger partial charge < -0.3 is 33.2 Å². The van der Waals surface area contributed by atoms with E-state index in [2.05, 4.69) is 4.99 Å². The minimum atomic E-state index is -5.09. The third-order valence-electron chi connectivity index (χ3n) is 8.58. The van der Waals surface area contributed by atoms with Gasteiger partial charge in [-0.2, -0.15) is 13.2 Å². The van der Waals surface area contributed by atoms with Gasteiger partial charge in [0, 0.05) is 0 Å². The summed E-state index contributed by atoms with van der Waals surface area (Å²) in [4.78, 5) is 17.5. The van der Waals surface area contributed by atoms with Crippen molar-refractivity contribution in [3.05, 3.63) is 168 Å². The summed E-state index contributed by atoms with van der Waals surface area (Å²) in [5.41, 5.74) is 2.53. The largest absolute Gasteiger partial charge is 0.497 e. The average Bonchev–Trinajstić information content (AvgIpc) is 3.21. The second-order valence-corrected chi connectivity index (χ2v) is 12.5. The molecule has 0 radical (unpaired) electrons. The van der Waals surface area contributed by atoms with Crippen LogP contribution < -0.4 is 4.74 Å². The van der Waals surface area contributed by atoms with E-state index in [9.17, 15) is 18.0 Å². The molecule has 0 aliphatic carbocycles. The molecule has 9 nitrogen and oxygen atoms in total. The molecule has 0 spiro atoms. The summed E-state index contributed by atoms with van der Waals surface area (Å²) in [5.74, 6) is -2.04. The lowest BCUT2D eigenvalue weighted by molar-refractivity contribution is -0.305. The number of carbonyl (C=O) groups is 1. The Balaban J connectivity index is 1.40. The second kappa shape index (κ2) is 19.2. The van der Waals surface area contributed by atoms with Crippen LogP contribution in [-0.2, 0) is 48.2 Å². The van der Waals surface area contributed by atoms with Crippen LogP contribution in [0.3, 0.4) is 0 Å². The highest BCUT2D eigenvalue weighted by molar-refractivity contribution is 5.89. The topological polar surface area (TPSA) is 94.0 Å². The van der Waals surface area contributed by atoms with Crippen LogP contribution in [0.1, 0.15) is 27.0 Å². The number of methoxy groups -OCH3 is 1. The van der Waals surface area contributed by atoms with E-state index in [-0.39, 0.29) is 37.7 Å². The van der Waals surface area contributed by atoms with E-state index in [1.165, 1.54) is 43.5 Å². The summed E-state index contributed by atoms with van der Waals surface area (Å²) in [6, 6.07) is 41.6. The number of nitrogens with zero attached hydrogens (tertiary/aromatic N) is 1. The first-order valence-corrected chi connectivity index (χ1v) is 17.6. The SMILES string of the molecule is COc1ccc(N=C(O[C@H]2O[C@H](COCc3ccccc3)[C@H](OCc3ccccc3)[C@H](OCc3ccccc3)[C@H]2OC(=O)c2ccccc2)C(F)(F)F)cc1. The van der Waals surface area contributed by atoms with Gasteiger partial charge >= 0.3 is 12.1 Å². The first-order valence-electron chi connectivity index (χ1n) is 17.6. The Morgan fingerprint density at radius 1 is 0.636 bits per heavy atom. The van der Waals surface area contributed by atoms with E-state index in [1.807, 2.05) is 91.0 Å². The third kappa shape index (κ3) is 11.2. The maximum absolute atomic E-state index is 14.8. The Hall–Kier alpha value is -5.53. The van der Waals surface area contributed by atoms with Crippen molar-refractivity contribution < 1.29 is 51.1 Å². The molecule has 1 aliphatic rings. The van der Waals surface area contributed by atoms with E-state index >= 15 is 0 Å². The predicted octanol–water partition coefficient (Wildman–Crippen LogP) is 8.64. The molecule has 0 aromatic heterocycles. The van der Waals surface area contributed by atoms with Crippen LogP contribution in [0, 0.1) is 0 Å². The zero-order valence-corrected chi connectivity index (χ0v) is 29.9. The Bertz CT molecular complexity index is 1930. The molecule has 5 aromatic carbocycles. The molecule has 0 unspecified atom stereocenters. The molecule has 5 aromatic rings. The molecule has 5 atom stereocenters. The van der Waals surface area contributed by atoms with Crippen LogP contribution in [-0.4, -0.2) is 62.5 Å². The fourth-order valence-electron chi connectivity index (χ4n) is 5.83. The molecule has 12 heteroatoms. The molecule has 1 heterocycles. The molecule has 0 amide bonds. The van der Waals surface area contributed by atoms with Gasteiger partial charge in [0.2, 0.25) is 6.29 Å². The van der Waals surface area contributed by atoms with E-state index in [0.717, 1.165) is 16.7 Å². The lowest BCUT2D eigenvalue weighted by atomic mass is 9.97. The van der Waals surface area contributed by atoms with Crippen LogP contribution in [0.5, 0.6) is 5.75 Å². The second-order valence-electron chi connectivity index (χ2n) is 12.5. The van der Waals surface area contributed by atoms with Gasteiger partial charge in [0.05, 0.1) is 44.8 Å². The number of carbonyl (C=O) groups excluding carboxylic acids is 1. The number of alkyl halides is 3. The molecule has 0 bridgehead atoms. The van der Waals surface area contributed by atoms with E-state index in [1.54, 1.807) is 18.2 Å². The van der Waals surface area contributed by atoms with Crippen LogP contribution >= 0.6 is 0 Å². The summed E-state index contributed by atoms with van der Waals surface area (Å²) in [6.07, 6.45) is -11.9. The summed E-state index contributed by atoms with van der Waals surface area (Å²) < 4.78 is 86.6. The van der Waals surface area contributed by atoms with E-state index in [0.29, 0.717) is 5.75 Å². The summed E-state index contributed by atoms with van der Waals surface area (Å²) in [6.45, 7) is 0.0986. The molecular formula is C43H40F3NO8. The maximum atomic E-state index is 14.8. The standard InChI is InChI=1S/C43H40F3NO8/c1-49-35-24-22-34(23-25-35)47-42(43(44,45)46)55-41-39(54-40(48)33-20-12-5-13-21-33)38(52-28-32-18-10-4-11-19-32)37(51-27-31-16-8-3-9-17-31)36(53-41)29-50-26-30-14-6-2-7-15-30/h2-25,36-39,41H,26-29H2,1H3/t36-,37+,38+,39-,41-/m1/s1. The first kappa shape index (κ1) is 39.2. The Labute approximate surface area is 317 Å². The molecule has 1 aliphatic heterocycles. The van der Waals surface area contributed by atoms with Gasteiger partial charge in [0.15, 0.2) is 6.10 Å². The molecule has 55 heavy (non-hydrogen) atoms. The number of hydrogen-bond acceptors (Lipinski definition) is 9. The molecule has 1 fully saturated rings. The number of aliphatic imine (C=N–C) groups is 1. The number of halogens is 3. The van der Waals surface area contributed by atoms with Crippen molar-refractivity contribution in [3.63, 3.8) is 0 Å². The zero-order chi connectivity index (χ0) is 38.5. The minimum absolute atomic E-state index is 0.00747. The lowest BCUT2D eigenvalue weighted by Crippen LogP contribution is -2.62. The predicted molar refractivity (Wildman–Crippen MR) is 198 cm³/mol. The average molecular weight is 756 g/mol. The lowest BCUT2D eigenvalue weighted by Gasteiger charge is -2.45. The van der Waals surface area contributed by atoms with Crippen LogP contribution in [0.4, 0.5) is 18.9 Å². The Morgan fingerprint density at radius 2 is 1.15 bits per heavy atom. The van der Waals surface area contributed by atoms with Crippen LogP contribution in [0.15, 0.2) is 151 Å². The normalized spacial score (nSPS) is 20.1. The van der Waals surface area contributed by atoms with Crippen molar-refractivity contribution in [2.45, 2.75) is 56.7 Å². The van der Waals surface area contributed by atoms with Gasteiger partial charge in [-0.15, -0.1) is 0 Å². The fourth-order valence-corrected chi connectivity index (χ4v) is 5.83. The van der Waals surface area contributed by atoms with E-state index in [4.69, 9.17) is 33.2 Å². The van der Waals surface area contributed by atoms with E-state index < -0.39 is 48.7 Å². The van der Waals surface area contributed by atoms with Gasteiger partial charge in [-0.05, 0) is 53.1 Å². The van der Waals surface area contributed by atoms with Crippen molar-refractivity contribution >= 4 is 17.6 Å². The quantitative estimate of drug-likeness (QED) is 0.0596. The first-order chi connectivity index (χ1) is 26.8. The summed E-state index contributed by atoms with van der Waals surface area (Å²) in [7, 11) is 1.44. The maximum Gasteiger partial charge on any atom is 0.468 e. The van der Waals surface area contributed by atoms with Crippen LogP contribution in [0.2, 0.25) is 0 Å². The highest BCUT2D eigenvalue weighted by Crippen LogP contribution is 2.34. The number of benzene rings is 5. The van der Waals surface area contributed by atoms with Gasteiger partial charge in [-0.25, -0.2) is 9.79 Å². The minimum Gasteiger partial charge on any atom is -0.497 e. The highest BCUT2D eigenvalue weighted by atomic mass is 19.4. The Kier molecular flexibility index (Phi) is 13.7. The monoisotopic (exact) mass is 755 g/mol. The van der Waals surface area contributed by atoms with Gasteiger partial charge in [0.1, 0.15) is 24.1 Å². The smallest absolute Gasteiger partial charge is 0.468 e. The molecule has 0 N–H and O–H groups in total. The summed E-state index contributed by atoms with van der Waals surface area (Å²) >= 11 is 0. The van der Waals surface area contributed by atoms with Gasteiger partial charge in [-0.1, -0.05) is 109 Å². The molecule has 6 rings (SSSR count). The fraction of sp³-hybridized carbons (Fsp3) is 0.256. The Morgan fingerprint density at radius 3 is 1.67 bits per heavy atom. The molecule has 0 saturated carbocycles. The van der Waals surface area contributed by atoms with Crippen molar-refractivity contribution in [1.82, 2.24) is 0 Å². The van der Waals surface area contributed by atoms with Gasteiger partial charge in [0.25, 0.3) is 5.90 Å². The van der Waals surface area contributed by atoms with Crippen molar-refractivity contribution in [2.75, 3.05) is 13.7 Å². The number of ether oxygens (including phenoxy) is 7. The number of hydrogen-bond donors (Lipinski definition) is 0. The van der Waals surface area contributed by atoms with Gasteiger partial charge in [-0.3, -0.25) is 0 Å².